The molecule has 0 atom stereocenters. The van der Waals surface area contributed by atoms with Gasteiger partial charge in [0.15, 0.2) is 0 Å². The molecule has 0 spiro atoms. The molecule has 116 valence electrons. The topological polar surface area (TPSA) is 72.7 Å². The molecule has 1 amide bonds. The Hall–Kier alpha value is -0.930. The van der Waals surface area contributed by atoms with Crippen molar-refractivity contribution in [3.8, 4) is 0 Å². The Labute approximate surface area is 148 Å². The fourth-order valence-electron chi connectivity index (χ4n) is 1.95. The summed E-state index contributed by atoms with van der Waals surface area (Å²) in [6.45, 7) is 1.99. The van der Waals surface area contributed by atoms with Crippen LogP contribution in [0.5, 0.6) is 0 Å². The summed E-state index contributed by atoms with van der Waals surface area (Å²) in [7, 11) is 0. The second-order valence-electron chi connectivity index (χ2n) is 5.08. The van der Waals surface area contributed by atoms with Crippen LogP contribution in [0.2, 0.25) is 0 Å². The van der Waals surface area contributed by atoms with Gasteiger partial charge in [0.25, 0.3) is 0 Å². The largest absolute Gasteiger partial charge is 0.323 e. The molecule has 1 aliphatic carbocycles. The molecule has 1 aromatic carbocycles. The minimum Gasteiger partial charge on any atom is -0.323 e. The van der Waals surface area contributed by atoms with Crippen molar-refractivity contribution >= 4 is 55.2 Å². The van der Waals surface area contributed by atoms with Gasteiger partial charge < -0.3 is 5.32 Å². The molecule has 1 heterocycles. The molecule has 1 aromatic heterocycles. The maximum Gasteiger partial charge on any atom is 0.234 e. The van der Waals surface area contributed by atoms with Crippen LogP contribution < -0.4 is 5.32 Å². The average Bonchev–Trinajstić information content (AvgIpc) is 3.19. The van der Waals surface area contributed by atoms with Gasteiger partial charge in [0.05, 0.1) is 17.5 Å². The molecule has 1 fully saturated rings. The van der Waals surface area contributed by atoms with E-state index in [0.717, 1.165) is 33.0 Å². The number of thioether (sulfide) groups is 1. The zero-order valence-electron chi connectivity index (χ0n) is 11.7. The zero-order chi connectivity index (χ0) is 15.7. The first-order valence-corrected chi connectivity index (χ1v) is 9.28. The summed E-state index contributed by atoms with van der Waals surface area (Å²) >= 11 is 8.28. The Morgan fingerprint density at radius 1 is 1.41 bits per heavy atom. The monoisotopic (exact) mass is 445 g/mol. The van der Waals surface area contributed by atoms with Gasteiger partial charge >= 0.3 is 0 Å². The first-order chi connectivity index (χ1) is 10.5. The second-order valence-corrected chi connectivity index (χ2v) is 7.73. The molecule has 3 rings (SSSR count). The number of nitrogens with zero attached hydrogens (tertiary/aromatic N) is 4. The molecule has 0 aliphatic heterocycles. The summed E-state index contributed by atoms with van der Waals surface area (Å²) < 4.78 is 3.50. The Kier molecular flexibility index (Phi) is 4.84. The van der Waals surface area contributed by atoms with Gasteiger partial charge in [0.2, 0.25) is 11.1 Å². The third-order valence-electron chi connectivity index (χ3n) is 3.14. The van der Waals surface area contributed by atoms with Gasteiger partial charge in [-0.05, 0) is 79.7 Å². The number of aryl methyl sites for hydroxylation is 1. The molecular formula is C13H13Br2N5OS. The summed E-state index contributed by atoms with van der Waals surface area (Å²) in [5, 5.41) is 15.2. The lowest BCUT2D eigenvalue weighted by Crippen LogP contribution is -2.15. The Bertz CT molecular complexity index is 693. The predicted molar refractivity (Wildman–Crippen MR) is 92.0 cm³/mol. The molecule has 22 heavy (non-hydrogen) atoms. The fourth-order valence-corrected chi connectivity index (χ4v) is 4.31. The number of carbonyl (C=O) groups is 1. The van der Waals surface area contributed by atoms with Gasteiger partial charge in [0, 0.05) is 8.95 Å². The van der Waals surface area contributed by atoms with Crippen LogP contribution in [-0.2, 0) is 4.79 Å². The molecule has 2 aromatic rings. The van der Waals surface area contributed by atoms with Crippen molar-refractivity contribution in [2.45, 2.75) is 31.0 Å². The van der Waals surface area contributed by atoms with Crippen LogP contribution in [0.4, 0.5) is 5.69 Å². The van der Waals surface area contributed by atoms with Crippen molar-refractivity contribution < 1.29 is 4.79 Å². The maximum absolute atomic E-state index is 12.1. The van der Waals surface area contributed by atoms with E-state index in [1.54, 1.807) is 4.68 Å². The maximum atomic E-state index is 12.1. The number of tetrazole rings is 1. The van der Waals surface area contributed by atoms with Crippen LogP contribution in [-0.4, -0.2) is 31.9 Å². The third kappa shape index (κ3) is 3.69. The van der Waals surface area contributed by atoms with Gasteiger partial charge in [0.1, 0.15) is 0 Å². The highest BCUT2D eigenvalue weighted by Gasteiger charge is 2.28. The minimum absolute atomic E-state index is 0.0967. The fraction of sp³-hybridized carbons (Fsp3) is 0.385. The van der Waals surface area contributed by atoms with Gasteiger partial charge in [-0.1, -0.05) is 11.8 Å². The van der Waals surface area contributed by atoms with Crippen molar-refractivity contribution in [3.05, 3.63) is 26.6 Å². The third-order valence-corrected chi connectivity index (χ3v) is 5.32. The first-order valence-electron chi connectivity index (χ1n) is 6.71. The van der Waals surface area contributed by atoms with Gasteiger partial charge in [-0.2, -0.15) is 0 Å². The van der Waals surface area contributed by atoms with E-state index in [4.69, 9.17) is 0 Å². The van der Waals surface area contributed by atoms with Crippen molar-refractivity contribution in [2.75, 3.05) is 11.1 Å². The summed E-state index contributed by atoms with van der Waals surface area (Å²) in [5.74, 6) is 0.167. The highest BCUT2D eigenvalue weighted by molar-refractivity contribution is 9.11. The molecule has 0 unspecified atom stereocenters. The lowest BCUT2D eigenvalue weighted by molar-refractivity contribution is -0.113. The number of hydrogen-bond acceptors (Lipinski definition) is 5. The number of nitrogens with one attached hydrogen (secondary N) is 1. The van der Waals surface area contributed by atoms with E-state index in [2.05, 4.69) is 52.7 Å². The number of aromatic nitrogens is 4. The number of benzene rings is 1. The number of hydrogen-bond donors (Lipinski definition) is 1. The van der Waals surface area contributed by atoms with Crippen molar-refractivity contribution in [3.63, 3.8) is 0 Å². The van der Waals surface area contributed by atoms with Crippen LogP contribution in [0.3, 0.4) is 0 Å². The van der Waals surface area contributed by atoms with Crippen LogP contribution in [0.25, 0.3) is 0 Å². The van der Waals surface area contributed by atoms with E-state index in [9.17, 15) is 4.79 Å². The lowest BCUT2D eigenvalue weighted by Gasteiger charge is -2.10. The van der Waals surface area contributed by atoms with Crippen LogP contribution in [0.15, 0.2) is 26.2 Å². The SMILES string of the molecule is Cc1cc(Br)c(NC(=O)CSc2nnnn2C2CC2)c(Br)c1. The normalized spacial score (nSPS) is 14.1. The number of rotatable bonds is 5. The first kappa shape index (κ1) is 15.9. The highest BCUT2D eigenvalue weighted by Crippen LogP contribution is 2.36. The van der Waals surface area contributed by atoms with Crippen molar-refractivity contribution in [1.82, 2.24) is 20.2 Å². The average molecular weight is 447 g/mol. The highest BCUT2D eigenvalue weighted by atomic mass is 79.9. The summed E-state index contributed by atoms with van der Waals surface area (Å²) in [5.41, 5.74) is 1.84. The van der Waals surface area contributed by atoms with Crippen molar-refractivity contribution in [2.24, 2.45) is 0 Å². The summed E-state index contributed by atoms with van der Waals surface area (Å²) in [4.78, 5) is 12.1. The zero-order valence-corrected chi connectivity index (χ0v) is 15.7. The molecule has 0 radical (unpaired) electrons. The van der Waals surface area contributed by atoms with E-state index < -0.39 is 0 Å². The number of halogens is 2. The Morgan fingerprint density at radius 2 is 2.09 bits per heavy atom. The second kappa shape index (κ2) is 6.67. The standard InChI is InChI=1S/C13H13Br2N5OS/c1-7-4-9(14)12(10(15)5-7)16-11(21)6-22-13-17-18-19-20(13)8-2-3-8/h4-5,8H,2-3,6H2,1H3,(H,16,21). The molecule has 0 bridgehead atoms. The van der Waals surface area contributed by atoms with E-state index in [1.807, 2.05) is 19.1 Å². The van der Waals surface area contributed by atoms with E-state index >= 15 is 0 Å². The molecule has 1 aliphatic rings. The van der Waals surface area contributed by atoms with Gasteiger partial charge in [-0.25, -0.2) is 4.68 Å². The Balaban J connectivity index is 1.62. The molecular weight excluding hydrogens is 434 g/mol. The molecule has 6 nitrogen and oxygen atoms in total. The number of anilines is 1. The minimum atomic E-state index is -0.0967. The molecule has 1 N–H and O–H groups in total. The van der Waals surface area contributed by atoms with Crippen LogP contribution >= 0.6 is 43.6 Å². The van der Waals surface area contributed by atoms with Gasteiger partial charge in [-0.15, -0.1) is 5.10 Å². The predicted octanol–water partition coefficient (Wildman–Crippen LogP) is 3.57. The summed E-state index contributed by atoms with van der Waals surface area (Å²) in [6.07, 6.45) is 2.21. The smallest absolute Gasteiger partial charge is 0.234 e. The van der Waals surface area contributed by atoms with E-state index in [-0.39, 0.29) is 11.7 Å². The molecule has 1 saturated carbocycles. The molecule has 9 heteroatoms. The van der Waals surface area contributed by atoms with E-state index in [0.29, 0.717) is 11.2 Å². The van der Waals surface area contributed by atoms with Gasteiger partial charge in [-0.3, -0.25) is 4.79 Å². The Morgan fingerprint density at radius 3 is 2.73 bits per heavy atom. The van der Waals surface area contributed by atoms with E-state index in [1.165, 1.54) is 11.8 Å². The van der Waals surface area contributed by atoms with Crippen LogP contribution in [0.1, 0.15) is 24.4 Å². The molecule has 0 saturated heterocycles. The summed E-state index contributed by atoms with van der Waals surface area (Å²) in [6, 6.07) is 4.32. The van der Waals surface area contributed by atoms with Crippen molar-refractivity contribution in [1.29, 1.82) is 0 Å². The number of amides is 1. The lowest BCUT2D eigenvalue weighted by atomic mass is 10.2. The van der Waals surface area contributed by atoms with Crippen LogP contribution in [0, 0.1) is 6.92 Å². The number of carbonyl (C=O) groups excluding carboxylic acids is 1. The quantitative estimate of drug-likeness (QED) is 0.710.